The highest BCUT2D eigenvalue weighted by Crippen LogP contribution is 2.37. The Labute approximate surface area is 144 Å². The molecule has 2 aromatic carbocycles. The van der Waals surface area contributed by atoms with Crippen molar-refractivity contribution in [3.05, 3.63) is 63.9 Å². The van der Waals surface area contributed by atoms with Crippen LogP contribution >= 0.6 is 23.2 Å². The lowest BCUT2D eigenvalue weighted by atomic mass is 9.90. The zero-order chi connectivity index (χ0) is 16.4. The Bertz CT molecular complexity index is 714. The number of benzene rings is 2. The molecule has 120 valence electrons. The predicted octanol–water partition coefficient (Wildman–Crippen LogP) is 5.12. The molecule has 0 saturated carbocycles. The SMILES string of the molecule is O=C1CCC(Cc2ccccc2F)CN1c1c(Cl)cccc1Cl. The number of para-hydroxylation sites is 1. The minimum absolute atomic E-state index is 0.00443. The lowest BCUT2D eigenvalue weighted by Gasteiger charge is -2.33. The molecular formula is C18H16Cl2FNO. The molecule has 0 spiro atoms. The average Bonchev–Trinajstić information content (AvgIpc) is 2.52. The van der Waals surface area contributed by atoms with Crippen molar-refractivity contribution < 1.29 is 9.18 Å². The second kappa shape index (κ2) is 6.90. The molecular weight excluding hydrogens is 336 g/mol. The van der Waals surface area contributed by atoms with Gasteiger partial charge in [0.05, 0.1) is 15.7 Å². The minimum atomic E-state index is -0.202. The molecule has 1 atom stereocenters. The number of halogens is 3. The standard InChI is InChI=1S/C18H16Cl2FNO/c19-14-5-3-6-15(20)18(14)22-11-12(8-9-17(22)23)10-13-4-1-2-7-16(13)21/h1-7,12H,8-11H2. The van der Waals surface area contributed by atoms with Crippen LogP contribution in [0.25, 0.3) is 0 Å². The Morgan fingerprint density at radius 2 is 1.78 bits per heavy atom. The quantitative estimate of drug-likeness (QED) is 0.751. The van der Waals surface area contributed by atoms with Gasteiger partial charge in [-0.2, -0.15) is 0 Å². The van der Waals surface area contributed by atoms with Crippen molar-refractivity contribution in [1.29, 1.82) is 0 Å². The fourth-order valence-corrected chi connectivity index (χ4v) is 3.62. The normalized spacial score (nSPS) is 18.3. The van der Waals surface area contributed by atoms with Crippen LogP contribution in [0.2, 0.25) is 10.0 Å². The topological polar surface area (TPSA) is 20.3 Å². The fourth-order valence-electron chi connectivity index (χ4n) is 3.02. The monoisotopic (exact) mass is 351 g/mol. The number of piperidine rings is 1. The molecule has 1 heterocycles. The highest BCUT2D eigenvalue weighted by molar-refractivity contribution is 6.39. The Balaban J connectivity index is 1.83. The Morgan fingerprint density at radius 1 is 1.09 bits per heavy atom. The summed E-state index contributed by atoms with van der Waals surface area (Å²) in [4.78, 5) is 13.9. The highest BCUT2D eigenvalue weighted by Gasteiger charge is 2.29. The predicted molar refractivity (Wildman–Crippen MR) is 91.6 cm³/mol. The van der Waals surface area contributed by atoms with Crippen molar-refractivity contribution in [1.82, 2.24) is 0 Å². The van der Waals surface area contributed by atoms with Crippen molar-refractivity contribution in [2.75, 3.05) is 11.4 Å². The maximum absolute atomic E-state index is 13.8. The molecule has 1 unspecified atom stereocenters. The van der Waals surface area contributed by atoms with Crippen LogP contribution in [0.4, 0.5) is 10.1 Å². The summed E-state index contributed by atoms with van der Waals surface area (Å²) in [6.07, 6.45) is 1.75. The van der Waals surface area contributed by atoms with Crippen molar-refractivity contribution in [2.45, 2.75) is 19.3 Å². The molecule has 0 radical (unpaired) electrons. The van der Waals surface area contributed by atoms with E-state index < -0.39 is 0 Å². The molecule has 1 fully saturated rings. The number of nitrogens with zero attached hydrogens (tertiary/aromatic N) is 1. The summed E-state index contributed by atoms with van der Waals surface area (Å²) in [6, 6.07) is 11.9. The van der Waals surface area contributed by atoms with E-state index in [9.17, 15) is 9.18 Å². The Hall–Kier alpha value is -1.58. The molecule has 0 aliphatic carbocycles. The van der Waals surface area contributed by atoms with Gasteiger partial charge in [0.15, 0.2) is 0 Å². The summed E-state index contributed by atoms with van der Waals surface area (Å²) in [6.45, 7) is 0.497. The molecule has 1 aliphatic rings. The van der Waals surface area contributed by atoms with E-state index in [0.717, 1.165) is 6.42 Å². The van der Waals surface area contributed by atoms with Gasteiger partial charge in [0, 0.05) is 13.0 Å². The van der Waals surface area contributed by atoms with Crippen LogP contribution < -0.4 is 4.90 Å². The van der Waals surface area contributed by atoms with Gasteiger partial charge in [0.1, 0.15) is 5.82 Å². The van der Waals surface area contributed by atoms with Crippen LogP contribution in [0.3, 0.4) is 0 Å². The zero-order valence-corrected chi connectivity index (χ0v) is 13.9. The molecule has 1 amide bonds. The van der Waals surface area contributed by atoms with E-state index in [1.165, 1.54) is 6.07 Å². The molecule has 23 heavy (non-hydrogen) atoms. The van der Waals surface area contributed by atoms with Gasteiger partial charge in [-0.3, -0.25) is 4.79 Å². The minimum Gasteiger partial charge on any atom is -0.309 e. The lowest BCUT2D eigenvalue weighted by Crippen LogP contribution is -2.41. The molecule has 5 heteroatoms. The summed E-state index contributed by atoms with van der Waals surface area (Å²) < 4.78 is 13.8. The van der Waals surface area contributed by atoms with E-state index in [1.807, 2.05) is 6.07 Å². The summed E-state index contributed by atoms with van der Waals surface area (Å²) in [5.41, 5.74) is 1.23. The second-order valence-electron chi connectivity index (χ2n) is 5.77. The van der Waals surface area contributed by atoms with E-state index in [2.05, 4.69) is 0 Å². The van der Waals surface area contributed by atoms with Crippen molar-refractivity contribution in [3.63, 3.8) is 0 Å². The molecule has 0 aromatic heterocycles. The number of hydrogen-bond acceptors (Lipinski definition) is 1. The third-order valence-electron chi connectivity index (χ3n) is 4.18. The van der Waals surface area contributed by atoms with E-state index in [4.69, 9.17) is 23.2 Å². The van der Waals surface area contributed by atoms with Crippen molar-refractivity contribution in [3.8, 4) is 0 Å². The van der Waals surface area contributed by atoms with Gasteiger partial charge in [-0.15, -0.1) is 0 Å². The van der Waals surface area contributed by atoms with Crippen LogP contribution in [0.15, 0.2) is 42.5 Å². The largest absolute Gasteiger partial charge is 0.309 e. The first-order chi connectivity index (χ1) is 11.1. The number of anilines is 1. The molecule has 3 rings (SSSR count). The Kier molecular flexibility index (Phi) is 4.88. The Morgan fingerprint density at radius 3 is 2.48 bits per heavy atom. The van der Waals surface area contributed by atoms with Crippen molar-refractivity contribution in [2.24, 2.45) is 5.92 Å². The summed E-state index contributed by atoms with van der Waals surface area (Å²) in [7, 11) is 0. The fraction of sp³-hybridized carbons (Fsp3) is 0.278. The van der Waals surface area contributed by atoms with Crippen LogP contribution in [-0.2, 0) is 11.2 Å². The summed E-state index contributed by atoms with van der Waals surface area (Å²) in [5.74, 6) is -0.0200. The van der Waals surface area contributed by atoms with Crippen LogP contribution in [-0.4, -0.2) is 12.5 Å². The van der Waals surface area contributed by atoms with Crippen molar-refractivity contribution >= 4 is 34.8 Å². The first-order valence-electron chi connectivity index (χ1n) is 7.54. The maximum atomic E-state index is 13.8. The molecule has 1 aliphatic heterocycles. The van der Waals surface area contributed by atoms with Gasteiger partial charge in [-0.05, 0) is 42.5 Å². The first kappa shape index (κ1) is 16.3. The molecule has 0 N–H and O–H groups in total. The van der Waals surface area contributed by atoms with Gasteiger partial charge in [0.25, 0.3) is 0 Å². The summed E-state index contributed by atoms with van der Waals surface area (Å²) >= 11 is 12.4. The average molecular weight is 352 g/mol. The van der Waals surface area contributed by atoms with E-state index in [-0.39, 0.29) is 17.6 Å². The third-order valence-corrected chi connectivity index (χ3v) is 4.79. The summed E-state index contributed by atoms with van der Waals surface area (Å²) in [5, 5.41) is 0.912. The van der Waals surface area contributed by atoms with E-state index in [1.54, 1.807) is 35.2 Å². The van der Waals surface area contributed by atoms with Gasteiger partial charge in [-0.25, -0.2) is 4.39 Å². The zero-order valence-electron chi connectivity index (χ0n) is 12.4. The van der Waals surface area contributed by atoms with E-state index >= 15 is 0 Å². The maximum Gasteiger partial charge on any atom is 0.227 e. The van der Waals surface area contributed by atoms with Crippen LogP contribution in [0, 0.1) is 11.7 Å². The number of hydrogen-bond donors (Lipinski definition) is 0. The molecule has 1 saturated heterocycles. The number of carbonyl (C=O) groups is 1. The van der Waals surface area contributed by atoms with Gasteiger partial charge in [-0.1, -0.05) is 47.5 Å². The van der Waals surface area contributed by atoms with Gasteiger partial charge >= 0.3 is 0 Å². The van der Waals surface area contributed by atoms with Crippen LogP contribution in [0.5, 0.6) is 0 Å². The molecule has 2 nitrogen and oxygen atoms in total. The van der Waals surface area contributed by atoms with Gasteiger partial charge in [0.2, 0.25) is 5.91 Å². The third kappa shape index (κ3) is 3.51. The lowest BCUT2D eigenvalue weighted by molar-refractivity contribution is -0.120. The highest BCUT2D eigenvalue weighted by atomic mass is 35.5. The van der Waals surface area contributed by atoms with Gasteiger partial charge < -0.3 is 4.90 Å². The number of amides is 1. The smallest absolute Gasteiger partial charge is 0.227 e. The second-order valence-corrected chi connectivity index (χ2v) is 6.59. The first-order valence-corrected chi connectivity index (χ1v) is 8.29. The van der Waals surface area contributed by atoms with Crippen LogP contribution in [0.1, 0.15) is 18.4 Å². The molecule has 0 bridgehead atoms. The molecule has 2 aromatic rings. The number of rotatable bonds is 3. The van der Waals surface area contributed by atoms with E-state index in [0.29, 0.717) is 40.7 Å². The number of carbonyl (C=O) groups excluding carboxylic acids is 1.